The Morgan fingerprint density at radius 3 is 2.83 bits per heavy atom. The molecule has 2 amide bonds. The van der Waals surface area contributed by atoms with E-state index in [1.165, 1.54) is 4.90 Å². The van der Waals surface area contributed by atoms with Gasteiger partial charge in [-0.05, 0) is 42.5 Å². The van der Waals surface area contributed by atoms with E-state index in [1.54, 1.807) is 23.9 Å². The Labute approximate surface area is 144 Å². The van der Waals surface area contributed by atoms with Crippen LogP contribution in [-0.2, 0) is 11.3 Å². The third-order valence-corrected chi connectivity index (χ3v) is 4.46. The van der Waals surface area contributed by atoms with Crippen LogP contribution in [0.25, 0.3) is 5.65 Å². The summed E-state index contributed by atoms with van der Waals surface area (Å²) in [5.74, 6) is -0.295. The number of aryl methyl sites for hydroxylation is 1. The molecule has 5 nitrogen and oxygen atoms in total. The average Bonchev–Trinajstić information content (AvgIpc) is 3.01. The molecule has 0 saturated heterocycles. The Bertz CT molecular complexity index is 904. The van der Waals surface area contributed by atoms with Crippen LogP contribution < -0.4 is 0 Å². The summed E-state index contributed by atoms with van der Waals surface area (Å²) >= 11 is 1.57. The summed E-state index contributed by atoms with van der Waals surface area (Å²) < 4.78 is 1.89. The average molecular weight is 339 g/mol. The van der Waals surface area contributed by atoms with Crippen LogP contribution in [-0.4, -0.2) is 32.9 Å². The van der Waals surface area contributed by atoms with E-state index in [9.17, 15) is 9.59 Å². The van der Waals surface area contributed by atoms with E-state index in [0.717, 1.165) is 21.8 Å². The maximum Gasteiger partial charge on any atom is 0.260 e. The first kappa shape index (κ1) is 16.3. The van der Waals surface area contributed by atoms with E-state index in [2.05, 4.69) is 4.98 Å². The maximum atomic E-state index is 12.6. The fourth-order valence-corrected chi connectivity index (χ4v) is 2.93. The summed E-state index contributed by atoms with van der Waals surface area (Å²) in [5, 5.41) is 0.926. The van der Waals surface area contributed by atoms with Gasteiger partial charge < -0.3 is 4.40 Å². The van der Waals surface area contributed by atoms with E-state index < -0.39 is 0 Å². The molecular formula is C18H17N3O2S. The Morgan fingerprint density at radius 1 is 1.33 bits per heavy atom. The number of thioether (sulfide) groups is 1. The van der Waals surface area contributed by atoms with Crippen LogP contribution in [0.3, 0.4) is 0 Å². The van der Waals surface area contributed by atoms with Crippen LogP contribution in [0.15, 0.2) is 53.8 Å². The molecule has 0 aliphatic rings. The molecule has 0 atom stereocenters. The summed E-state index contributed by atoms with van der Waals surface area (Å²) in [6.07, 6.45) is 6.36. The Hall–Kier alpha value is -2.60. The quantitative estimate of drug-likeness (QED) is 0.407. The summed E-state index contributed by atoms with van der Waals surface area (Å²) in [7, 11) is 0. The smallest absolute Gasteiger partial charge is 0.260 e. The topological polar surface area (TPSA) is 54.7 Å². The lowest BCUT2D eigenvalue weighted by Gasteiger charge is -2.15. The second-order valence-corrected chi connectivity index (χ2v) is 6.26. The number of rotatable bonds is 5. The number of fused-ring (bicyclic) bond motifs is 1. The first-order chi connectivity index (χ1) is 11.6. The fourth-order valence-electron chi connectivity index (χ4n) is 2.55. The highest BCUT2D eigenvalue weighted by atomic mass is 32.2. The molecule has 122 valence electrons. The normalized spacial score (nSPS) is 10.8. The predicted octanol–water partition coefficient (Wildman–Crippen LogP) is 3.16. The van der Waals surface area contributed by atoms with E-state index in [1.807, 2.05) is 54.2 Å². The second-order valence-electron chi connectivity index (χ2n) is 5.44. The third-order valence-electron chi connectivity index (χ3n) is 3.81. The molecule has 0 bridgehead atoms. The Kier molecular flexibility index (Phi) is 4.66. The number of nitrogens with zero attached hydrogens (tertiary/aromatic N) is 3. The molecule has 0 N–H and O–H groups in total. The zero-order valence-corrected chi connectivity index (χ0v) is 14.3. The van der Waals surface area contributed by atoms with Crippen molar-refractivity contribution < 1.29 is 9.59 Å². The molecule has 0 spiro atoms. The lowest BCUT2D eigenvalue weighted by molar-refractivity contribution is -0.116. The van der Waals surface area contributed by atoms with Crippen LogP contribution in [0.5, 0.6) is 0 Å². The molecule has 0 unspecified atom stereocenters. The minimum Gasteiger partial charge on any atom is -0.308 e. The lowest BCUT2D eigenvalue weighted by Crippen LogP contribution is -2.29. The van der Waals surface area contributed by atoms with Gasteiger partial charge in [-0.25, -0.2) is 4.98 Å². The van der Waals surface area contributed by atoms with Gasteiger partial charge in [0.1, 0.15) is 5.65 Å². The minimum absolute atomic E-state index is 0.217. The van der Waals surface area contributed by atoms with Crippen molar-refractivity contribution in [1.29, 1.82) is 0 Å². The number of amides is 2. The molecule has 2 aromatic heterocycles. The number of imide groups is 1. The molecule has 3 aromatic rings. The Morgan fingerprint density at radius 2 is 2.12 bits per heavy atom. The van der Waals surface area contributed by atoms with Crippen molar-refractivity contribution in [2.45, 2.75) is 18.5 Å². The largest absolute Gasteiger partial charge is 0.308 e. The van der Waals surface area contributed by atoms with Gasteiger partial charge in [0, 0.05) is 18.0 Å². The van der Waals surface area contributed by atoms with Gasteiger partial charge in [0.2, 0.25) is 6.41 Å². The van der Waals surface area contributed by atoms with E-state index >= 15 is 0 Å². The van der Waals surface area contributed by atoms with Gasteiger partial charge in [-0.3, -0.25) is 14.5 Å². The first-order valence-corrected chi connectivity index (χ1v) is 8.68. The first-order valence-electron chi connectivity index (χ1n) is 7.46. The van der Waals surface area contributed by atoms with Crippen LogP contribution >= 0.6 is 11.8 Å². The highest BCUT2D eigenvalue weighted by Crippen LogP contribution is 2.17. The van der Waals surface area contributed by atoms with Crippen molar-refractivity contribution in [3.8, 4) is 0 Å². The number of carbonyl (C=O) groups excluding carboxylic acids is 2. The zero-order chi connectivity index (χ0) is 17.1. The van der Waals surface area contributed by atoms with E-state index in [-0.39, 0.29) is 12.5 Å². The van der Waals surface area contributed by atoms with Crippen molar-refractivity contribution in [2.24, 2.45) is 0 Å². The third kappa shape index (κ3) is 3.19. The van der Waals surface area contributed by atoms with Crippen molar-refractivity contribution in [3.05, 3.63) is 65.5 Å². The highest BCUT2D eigenvalue weighted by Gasteiger charge is 2.18. The summed E-state index contributed by atoms with van der Waals surface area (Å²) in [6, 6.07) is 11.1. The molecule has 0 saturated carbocycles. The summed E-state index contributed by atoms with van der Waals surface area (Å²) in [4.78, 5) is 29.7. The van der Waals surface area contributed by atoms with Gasteiger partial charge in [0.05, 0.1) is 11.6 Å². The molecule has 1 aromatic carbocycles. The number of carbonyl (C=O) groups is 2. The van der Waals surface area contributed by atoms with Gasteiger partial charge >= 0.3 is 0 Å². The Balaban J connectivity index is 1.86. The molecule has 6 heteroatoms. The predicted molar refractivity (Wildman–Crippen MR) is 94.1 cm³/mol. The van der Waals surface area contributed by atoms with Gasteiger partial charge in [0.15, 0.2) is 0 Å². The van der Waals surface area contributed by atoms with Crippen LogP contribution in [0, 0.1) is 6.92 Å². The van der Waals surface area contributed by atoms with Crippen LogP contribution in [0.4, 0.5) is 0 Å². The summed E-state index contributed by atoms with van der Waals surface area (Å²) in [5.41, 5.74) is 3.04. The minimum atomic E-state index is -0.295. The lowest BCUT2D eigenvalue weighted by atomic mass is 10.1. The molecule has 2 heterocycles. The number of aromatic nitrogens is 2. The summed E-state index contributed by atoms with van der Waals surface area (Å²) in [6.45, 7) is 2.07. The molecule has 24 heavy (non-hydrogen) atoms. The molecule has 0 aliphatic carbocycles. The van der Waals surface area contributed by atoms with E-state index in [0.29, 0.717) is 12.0 Å². The molecule has 0 radical (unpaired) electrons. The van der Waals surface area contributed by atoms with Crippen LogP contribution in [0.2, 0.25) is 0 Å². The van der Waals surface area contributed by atoms with Gasteiger partial charge in [-0.15, -0.1) is 11.8 Å². The SMILES string of the molecule is CSc1ccn2cc(CN(C=O)C(=O)c3ccccc3C)cc2n1. The molecule has 0 aliphatic heterocycles. The molecule has 0 fully saturated rings. The van der Waals surface area contributed by atoms with Crippen molar-refractivity contribution in [2.75, 3.05) is 6.26 Å². The maximum absolute atomic E-state index is 12.6. The molecular weight excluding hydrogens is 322 g/mol. The number of hydrogen-bond acceptors (Lipinski definition) is 4. The monoisotopic (exact) mass is 339 g/mol. The molecule has 3 rings (SSSR count). The van der Waals surface area contributed by atoms with E-state index in [4.69, 9.17) is 0 Å². The second kappa shape index (κ2) is 6.88. The van der Waals surface area contributed by atoms with Gasteiger partial charge in [-0.2, -0.15) is 0 Å². The van der Waals surface area contributed by atoms with Crippen molar-refractivity contribution in [1.82, 2.24) is 14.3 Å². The van der Waals surface area contributed by atoms with Gasteiger partial charge in [0.25, 0.3) is 5.91 Å². The highest BCUT2D eigenvalue weighted by molar-refractivity contribution is 7.98. The van der Waals surface area contributed by atoms with Crippen molar-refractivity contribution in [3.63, 3.8) is 0 Å². The van der Waals surface area contributed by atoms with Crippen LogP contribution in [0.1, 0.15) is 21.5 Å². The zero-order valence-electron chi connectivity index (χ0n) is 13.5. The van der Waals surface area contributed by atoms with Crippen molar-refractivity contribution >= 4 is 29.7 Å². The van der Waals surface area contributed by atoms with Gasteiger partial charge in [-0.1, -0.05) is 18.2 Å². The standard InChI is InChI=1S/C18H17N3O2S/c1-13-5-3-4-6-15(13)18(23)21(12-22)11-14-9-16-19-17(24-2)7-8-20(16)10-14/h3-10,12H,11H2,1-2H3. The fraction of sp³-hybridized carbons (Fsp3) is 0.167. The number of benzene rings is 1. The number of hydrogen-bond donors (Lipinski definition) is 0.